The van der Waals surface area contributed by atoms with Gasteiger partial charge in [0.2, 0.25) is 0 Å². The molecule has 12 nitrogen and oxygen atoms in total. The average molecular weight is 1110 g/mol. The lowest BCUT2D eigenvalue weighted by Gasteiger charge is -2.40. The molecule has 454 valence electrons. The minimum atomic E-state index is -1.92. The molecule has 6 atom stereocenters. The van der Waals surface area contributed by atoms with Gasteiger partial charge in [0, 0.05) is 19.3 Å². The summed E-state index contributed by atoms with van der Waals surface area (Å²) in [4.78, 5) is 51.3. The molecule has 0 aliphatic carbocycles. The van der Waals surface area contributed by atoms with E-state index in [4.69, 9.17) is 23.7 Å². The van der Waals surface area contributed by atoms with E-state index in [1.165, 1.54) is 103 Å². The average Bonchev–Trinajstić information content (AvgIpc) is 3.43. The monoisotopic (exact) mass is 1110 g/mol. The van der Waals surface area contributed by atoms with Gasteiger partial charge >= 0.3 is 23.9 Å². The summed E-state index contributed by atoms with van der Waals surface area (Å²) >= 11 is 0. The maximum atomic E-state index is 13.2. The van der Waals surface area contributed by atoms with Crippen LogP contribution in [0.3, 0.4) is 0 Å². The maximum absolute atomic E-state index is 13.2. The summed E-state index contributed by atoms with van der Waals surface area (Å²) in [6.07, 6.45) is 57.1. The predicted octanol–water partition coefficient (Wildman–Crippen LogP) is 16.9. The number of aliphatic carboxylic acids is 1. The van der Waals surface area contributed by atoms with Crippen LogP contribution in [0.4, 0.5) is 0 Å². The molecule has 0 aromatic rings. The molecular weight excluding hydrogens is 997 g/mol. The number of aliphatic hydroxyl groups is 2. The highest BCUT2D eigenvalue weighted by atomic mass is 16.7. The molecule has 1 aliphatic heterocycles. The van der Waals surface area contributed by atoms with Crippen molar-refractivity contribution >= 4 is 23.9 Å². The maximum Gasteiger partial charge on any atom is 0.335 e. The molecule has 1 rings (SSSR count). The van der Waals surface area contributed by atoms with Gasteiger partial charge in [0.15, 0.2) is 24.6 Å². The van der Waals surface area contributed by atoms with Gasteiger partial charge < -0.3 is 39.0 Å². The third kappa shape index (κ3) is 44.5. The van der Waals surface area contributed by atoms with Crippen LogP contribution in [0.2, 0.25) is 0 Å². The Morgan fingerprint density at radius 1 is 0.430 bits per heavy atom. The van der Waals surface area contributed by atoms with E-state index in [1.807, 2.05) is 0 Å². The third-order valence-corrected chi connectivity index (χ3v) is 14.3. The lowest BCUT2D eigenvalue weighted by molar-refractivity contribution is -0.301. The lowest BCUT2D eigenvalue weighted by atomic mass is 9.98. The Morgan fingerprint density at radius 2 is 0.797 bits per heavy atom. The fraction of sp³-hybridized carbons (Fsp3) is 0.761. The second-order valence-corrected chi connectivity index (χ2v) is 21.7. The molecule has 1 saturated heterocycles. The quantitative estimate of drug-likeness (QED) is 0.0228. The molecule has 1 aliphatic rings. The Labute approximate surface area is 480 Å². The van der Waals surface area contributed by atoms with Crippen molar-refractivity contribution in [1.29, 1.82) is 0 Å². The molecule has 0 bridgehead atoms. The molecule has 0 aromatic carbocycles. The van der Waals surface area contributed by atoms with Crippen molar-refractivity contribution < 1.29 is 58.2 Å². The molecule has 6 unspecified atom stereocenters. The smallest absolute Gasteiger partial charge is 0.335 e. The summed E-state index contributed by atoms with van der Waals surface area (Å²) in [7, 11) is 0. The summed E-state index contributed by atoms with van der Waals surface area (Å²) < 4.78 is 28.5. The Balaban J connectivity index is 2.68. The topological polar surface area (TPSA) is 175 Å². The fourth-order valence-corrected chi connectivity index (χ4v) is 9.39. The van der Waals surface area contributed by atoms with Crippen LogP contribution in [0.15, 0.2) is 72.9 Å². The van der Waals surface area contributed by atoms with E-state index < -0.39 is 67.3 Å². The second kappa shape index (κ2) is 54.7. The van der Waals surface area contributed by atoms with Crippen molar-refractivity contribution in [2.24, 2.45) is 0 Å². The van der Waals surface area contributed by atoms with Crippen LogP contribution in [-0.4, -0.2) is 89.2 Å². The van der Waals surface area contributed by atoms with Gasteiger partial charge in [-0.05, 0) is 89.9 Å². The molecule has 79 heavy (non-hydrogen) atoms. The van der Waals surface area contributed by atoms with Crippen LogP contribution in [0.5, 0.6) is 0 Å². The molecule has 0 spiro atoms. The number of aliphatic hydroxyl groups excluding tert-OH is 2. The highest BCUT2D eigenvalue weighted by Gasteiger charge is 2.50. The third-order valence-electron chi connectivity index (χ3n) is 14.3. The molecule has 0 aromatic heterocycles. The van der Waals surface area contributed by atoms with Gasteiger partial charge in [-0.25, -0.2) is 4.79 Å². The van der Waals surface area contributed by atoms with Crippen molar-refractivity contribution in [2.75, 3.05) is 13.2 Å². The van der Waals surface area contributed by atoms with E-state index in [2.05, 4.69) is 93.7 Å². The Kier molecular flexibility index (Phi) is 50.7. The first-order valence-corrected chi connectivity index (χ1v) is 31.9. The first kappa shape index (κ1) is 73.2. The number of carbonyl (C=O) groups is 4. The number of carboxylic acids is 1. The van der Waals surface area contributed by atoms with Gasteiger partial charge in [-0.2, -0.15) is 0 Å². The number of ether oxygens (including phenoxy) is 5. The van der Waals surface area contributed by atoms with E-state index in [0.717, 1.165) is 116 Å². The number of rotatable bonds is 54. The predicted molar refractivity (Wildman–Crippen MR) is 322 cm³/mol. The molecule has 1 heterocycles. The van der Waals surface area contributed by atoms with Gasteiger partial charge in [-0.15, -0.1) is 0 Å². The standard InChI is InChI=1S/C67H114O12/c1-4-7-10-13-16-19-22-25-28-30-33-35-38-41-44-47-50-53-59(68)75-56-58(77-60(69)54-51-48-45-42-39-36-32-27-24-21-18-15-12-9-6-3)57-76-67-65(63(72)62(71)64(79-67)66(73)74)78-61(70)55-52-49-46-43-40-37-34-31-29-26-23-20-17-14-11-8-5-2/h8,11,17-18,20-21,26-27,29,32,34,37,58,62-65,67,71-72H,4-7,9-10,12-16,19,22-25,28,30-31,33,35-36,38-57H2,1-3H3,(H,73,74)/b11-8-,20-17-,21-18-,29-26-,32-27-,37-34-. The number of unbranched alkanes of at least 4 members (excludes halogenated alkanes) is 28. The molecule has 12 heteroatoms. The van der Waals surface area contributed by atoms with Gasteiger partial charge in [0.25, 0.3) is 0 Å². The number of carbonyl (C=O) groups excluding carboxylic acids is 3. The van der Waals surface area contributed by atoms with E-state index in [1.54, 1.807) is 0 Å². The van der Waals surface area contributed by atoms with Crippen molar-refractivity contribution in [3.05, 3.63) is 72.9 Å². The summed E-state index contributed by atoms with van der Waals surface area (Å²) in [5.74, 6) is -3.15. The Morgan fingerprint density at radius 3 is 1.24 bits per heavy atom. The summed E-state index contributed by atoms with van der Waals surface area (Å²) in [5.41, 5.74) is 0. The number of allylic oxidation sites excluding steroid dienone is 12. The Hall–Kier alpha value is -3.84. The largest absolute Gasteiger partial charge is 0.479 e. The zero-order chi connectivity index (χ0) is 57.5. The van der Waals surface area contributed by atoms with Gasteiger partial charge in [0.1, 0.15) is 18.8 Å². The normalized spacial score (nSPS) is 18.3. The van der Waals surface area contributed by atoms with Gasteiger partial charge in [-0.3, -0.25) is 14.4 Å². The first-order valence-electron chi connectivity index (χ1n) is 31.9. The van der Waals surface area contributed by atoms with Crippen LogP contribution in [-0.2, 0) is 42.9 Å². The number of esters is 3. The van der Waals surface area contributed by atoms with E-state index in [-0.39, 0.29) is 25.9 Å². The second-order valence-electron chi connectivity index (χ2n) is 21.7. The summed E-state index contributed by atoms with van der Waals surface area (Å²) in [6.45, 7) is 5.86. The summed E-state index contributed by atoms with van der Waals surface area (Å²) in [6, 6.07) is 0. The van der Waals surface area contributed by atoms with Crippen LogP contribution >= 0.6 is 0 Å². The van der Waals surface area contributed by atoms with Gasteiger partial charge in [-0.1, -0.05) is 241 Å². The van der Waals surface area contributed by atoms with E-state index >= 15 is 0 Å². The molecule has 1 fully saturated rings. The van der Waals surface area contributed by atoms with Gasteiger partial charge in [0.05, 0.1) is 6.61 Å². The molecule has 0 amide bonds. The van der Waals surface area contributed by atoms with Crippen LogP contribution in [0, 0.1) is 0 Å². The molecule has 0 saturated carbocycles. The van der Waals surface area contributed by atoms with E-state index in [0.29, 0.717) is 19.3 Å². The first-order chi connectivity index (χ1) is 38.6. The number of hydrogen-bond donors (Lipinski definition) is 3. The van der Waals surface area contributed by atoms with Crippen LogP contribution in [0.1, 0.15) is 278 Å². The van der Waals surface area contributed by atoms with E-state index in [9.17, 15) is 34.5 Å². The molecule has 0 radical (unpaired) electrons. The fourth-order valence-electron chi connectivity index (χ4n) is 9.39. The zero-order valence-electron chi connectivity index (χ0n) is 50.1. The van der Waals surface area contributed by atoms with Crippen molar-refractivity contribution in [3.8, 4) is 0 Å². The SMILES string of the molecule is CC/C=C\C/C=C\C/C=C\C/C=C\CCCCCCC(=O)OC1C(OCC(COC(=O)CCCCCCCCCCCCCCCCCCC)OC(=O)CCCCCCC/C=C\C/C=C\CCCCC)OC(C(=O)O)C(O)C1O. The molecule has 3 N–H and O–H groups in total. The lowest BCUT2D eigenvalue weighted by Crippen LogP contribution is -2.61. The summed E-state index contributed by atoms with van der Waals surface area (Å²) in [5, 5.41) is 31.6. The Bertz CT molecular complexity index is 1650. The molecular formula is C67H114O12. The number of carboxylic acid groups (broad SMARTS) is 1. The van der Waals surface area contributed by atoms with Crippen molar-refractivity contribution in [2.45, 2.75) is 314 Å². The van der Waals surface area contributed by atoms with Crippen molar-refractivity contribution in [3.63, 3.8) is 0 Å². The minimum Gasteiger partial charge on any atom is -0.479 e. The minimum absolute atomic E-state index is 0.0299. The van der Waals surface area contributed by atoms with Crippen molar-refractivity contribution in [1.82, 2.24) is 0 Å². The highest BCUT2D eigenvalue weighted by molar-refractivity contribution is 5.74. The van der Waals surface area contributed by atoms with Crippen LogP contribution in [0.25, 0.3) is 0 Å². The number of hydrogen-bond acceptors (Lipinski definition) is 11. The zero-order valence-corrected chi connectivity index (χ0v) is 50.1. The van der Waals surface area contributed by atoms with Crippen LogP contribution < -0.4 is 0 Å². The highest BCUT2D eigenvalue weighted by Crippen LogP contribution is 2.26.